The number of azide groups is 1. The standard InChI is InChI=1S/C20H22N4O3/c21-24-23-17-18(22-11-14-7-3-1-4-8-14)20-26-13-16(27-20)19(17)25-12-15-9-5-2-6-10-15/h1-10,16-20,22H,11-13H2/t16-,17-,18-,19-,20-/m1/s1. The van der Waals surface area contributed by atoms with E-state index in [9.17, 15) is 0 Å². The van der Waals surface area contributed by atoms with Crippen molar-refractivity contribution in [1.82, 2.24) is 5.32 Å². The summed E-state index contributed by atoms with van der Waals surface area (Å²) in [4.78, 5) is 3.06. The number of benzene rings is 2. The largest absolute Gasteiger partial charge is 0.370 e. The Bertz CT molecular complexity index is 725. The van der Waals surface area contributed by atoms with Gasteiger partial charge in [0.25, 0.3) is 0 Å². The first-order valence-corrected chi connectivity index (χ1v) is 9.09. The van der Waals surface area contributed by atoms with Gasteiger partial charge in [0.2, 0.25) is 0 Å². The summed E-state index contributed by atoms with van der Waals surface area (Å²) in [6, 6.07) is 19.3. The van der Waals surface area contributed by atoms with Gasteiger partial charge in [0.15, 0.2) is 6.29 Å². The maximum Gasteiger partial charge on any atom is 0.173 e. The topological polar surface area (TPSA) is 88.5 Å². The van der Waals surface area contributed by atoms with E-state index < -0.39 is 12.3 Å². The first-order valence-electron chi connectivity index (χ1n) is 9.09. The molecule has 2 aromatic carbocycles. The van der Waals surface area contributed by atoms with Gasteiger partial charge in [0, 0.05) is 11.5 Å². The summed E-state index contributed by atoms with van der Waals surface area (Å²) in [5.74, 6) is 0. The normalized spacial score (nSPS) is 29.3. The molecule has 2 aliphatic heterocycles. The Morgan fingerprint density at radius 2 is 1.78 bits per heavy atom. The SMILES string of the molecule is [N-]=[N+]=N[C@@H]1[C@@H](NCc2ccccc2)[C@@H]2OC[C@@H](O2)[C@H]1OCc1ccccc1. The number of hydrogen-bond acceptors (Lipinski definition) is 5. The minimum absolute atomic E-state index is 0.232. The molecule has 7 heteroatoms. The predicted octanol–water partition coefficient (Wildman–Crippen LogP) is 3.16. The van der Waals surface area contributed by atoms with E-state index in [2.05, 4.69) is 15.3 Å². The van der Waals surface area contributed by atoms with E-state index in [1.807, 2.05) is 60.7 Å². The molecule has 7 nitrogen and oxygen atoms in total. The second-order valence-corrected chi connectivity index (χ2v) is 6.73. The van der Waals surface area contributed by atoms with Crippen LogP contribution in [0.15, 0.2) is 65.8 Å². The van der Waals surface area contributed by atoms with E-state index in [1.54, 1.807) is 0 Å². The van der Waals surface area contributed by atoms with E-state index in [1.165, 1.54) is 0 Å². The lowest BCUT2D eigenvalue weighted by molar-refractivity contribution is -0.163. The van der Waals surface area contributed by atoms with Gasteiger partial charge in [-0.25, -0.2) is 0 Å². The molecule has 2 bridgehead atoms. The molecule has 0 amide bonds. The summed E-state index contributed by atoms with van der Waals surface area (Å²) in [5.41, 5.74) is 11.3. The van der Waals surface area contributed by atoms with Crippen LogP contribution >= 0.6 is 0 Å². The van der Waals surface area contributed by atoms with Gasteiger partial charge in [-0.3, -0.25) is 0 Å². The first kappa shape index (κ1) is 18.0. The van der Waals surface area contributed by atoms with Crippen molar-refractivity contribution in [2.45, 2.75) is 43.7 Å². The molecule has 27 heavy (non-hydrogen) atoms. The first-order chi connectivity index (χ1) is 13.3. The van der Waals surface area contributed by atoms with Gasteiger partial charge < -0.3 is 19.5 Å². The fraction of sp³-hybridized carbons (Fsp3) is 0.400. The summed E-state index contributed by atoms with van der Waals surface area (Å²) < 4.78 is 17.9. The molecule has 0 saturated carbocycles. The molecule has 0 aliphatic carbocycles. The van der Waals surface area contributed by atoms with Crippen molar-refractivity contribution in [3.05, 3.63) is 82.2 Å². The van der Waals surface area contributed by atoms with Gasteiger partial charge in [0.05, 0.1) is 31.4 Å². The molecule has 2 heterocycles. The molecular weight excluding hydrogens is 344 g/mol. The van der Waals surface area contributed by atoms with Gasteiger partial charge in [-0.05, 0) is 16.7 Å². The van der Waals surface area contributed by atoms with Crippen LogP contribution in [0.1, 0.15) is 11.1 Å². The molecule has 0 aromatic heterocycles. The highest BCUT2D eigenvalue weighted by atomic mass is 16.7. The van der Waals surface area contributed by atoms with Crippen molar-refractivity contribution in [2.24, 2.45) is 5.11 Å². The van der Waals surface area contributed by atoms with Crippen LogP contribution in [-0.4, -0.2) is 37.2 Å². The Balaban J connectivity index is 1.48. The molecule has 0 unspecified atom stereocenters. The smallest absolute Gasteiger partial charge is 0.173 e. The fourth-order valence-corrected chi connectivity index (χ4v) is 3.60. The van der Waals surface area contributed by atoms with Crippen LogP contribution in [0.25, 0.3) is 10.4 Å². The number of hydrogen-bond donors (Lipinski definition) is 1. The Labute approximate surface area is 157 Å². The van der Waals surface area contributed by atoms with Crippen LogP contribution < -0.4 is 5.32 Å². The highest BCUT2D eigenvalue weighted by molar-refractivity contribution is 5.16. The number of ether oxygens (including phenoxy) is 3. The summed E-state index contributed by atoms with van der Waals surface area (Å²) in [6.45, 7) is 1.49. The average Bonchev–Trinajstić information content (AvgIpc) is 3.14. The second kappa shape index (κ2) is 8.52. The highest BCUT2D eigenvalue weighted by Gasteiger charge is 2.50. The van der Waals surface area contributed by atoms with Crippen molar-refractivity contribution >= 4 is 0 Å². The molecule has 140 valence electrons. The van der Waals surface area contributed by atoms with Crippen LogP contribution in [0, 0.1) is 0 Å². The molecule has 0 radical (unpaired) electrons. The van der Waals surface area contributed by atoms with Crippen molar-refractivity contribution in [3.8, 4) is 0 Å². The third kappa shape index (κ3) is 4.13. The van der Waals surface area contributed by atoms with Crippen LogP contribution in [-0.2, 0) is 27.4 Å². The number of nitrogens with zero attached hydrogens (tertiary/aromatic N) is 3. The van der Waals surface area contributed by atoms with E-state index in [0.717, 1.165) is 11.1 Å². The zero-order valence-corrected chi connectivity index (χ0v) is 14.8. The lowest BCUT2D eigenvalue weighted by atomic mass is 9.96. The monoisotopic (exact) mass is 366 g/mol. The maximum absolute atomic E-state index is 9.11. The van der Waals surface area contributed by atoms with Crippen molar-refractivity contribution < 1.29 is 14.2 Å². The third-order valence-corrected chi connectivity index (χ3v) is 4.95. The minimum atomic E-state index is -0.439. The second-order valence-electron chi connectivity index (χ2n) is 6.73. The number of rotatable bonds is 7. The Morgan fingerprint density at radius 1 is 1.07 bits per heavy atom. The van der Waals surface area contributed by atoms with Gasteiger partial charge in [-0.15, -0.1) is 0 Å². The van der Waals surface area contributed by atoms with Crippen molar-refractivity contribution in [1.29, 1.82) is 0 Å². The zero-order chi connectivity index (χ0) is 18.5. The average molecular weight is 366 g/mol. The molecule has 1 N–H and O–H groups in total. The molecule has 4 rings (SSSR count). The summed E-state index contributed by atoms with van der Waals surface area (Å²) in [7, 11) is 0. The van der Waals surface area contributed by atoms with Crippen LogP contribution in [0.5, 0.6) is 0 Å². The molecular formula is C20H22N4O3. The van der Waals surface area contributed by atoms with Crippen molar-refractivity contribution in [2.75, 3.05) is 6.61 Å². The van der Waals surface area contributed by atoms with Gasteiger partial charge in [0.1, 0.15) is 6.10 Å². The van der Waals surface area contributed by atoms with Crippen LogP contribution in [0.2, 0.25) is 0 Å². The van der Waals surface area contributed by atoms with Crippen LogP contribution in [0.4, 0.5) is 0 Å². The molecule has 2 fully saturated rings. The fourth-order valence-electron chi connectivity index (χ4n) is 3.60. The van der Waals surface area contributed by atoms with E-state index in [0.29, 0.717) is 19.8 Å². The zero-order valence-electron chi connectivity index (χ0n) is 14.8. The highest BCUT2D eigenvalue weighted by Crippen LogP contribution is 2.32. The Morgan fingerprint density at radius 3 is 2.48 bits per heavy atom. The number of fused-ring (bicyclic) bond motifs is 2. The maximum atomic E-state index is 9.11. The van der Waals surface area contributed by atoms with E-state index in [-0.39, 0.29) is 18.2 Å². The van der Waals surface area contributed by atoms with Gasteiger partial charge in [-0.2, -0.15) is 0 Å². The lowest BCUT2D eigenvalue weighted by Crippen LogP contribution is -2.59. The minimum Gasteiger partial charge on any atom is -0.370 e. The van der Waals surface area contributed by atoms with Gasteiger partial charge in [-0.1, -0.05) is 65.8 Å². The summed E-state index contributed by atoms with van der Waals surface area (Å²) in [6.07, 6.45) is -1.04. The summed E-state index contributed by atoms with van der Waals surface area (Å²) in [5, 5.41) is 7.48. The predicted molar refractivity (Wildman–Crippen MR) is 99.6 cm³/mol. The van der Waals surface area contributed by atoms with Crippen LogP contribution in [0.3, 0.4) is 0 Å². The Hall–Kier alpha value is -2.41. The van der Waals surface area contributed by atoms with Gasteiger partial charge >= 0.3 is 0 Å². The van der Waals surface area contributed by atoms with E-state index in [4.69, 9.17) is 19.7 Å². The quantitative estimate of drug-likeness (QED) is 0.463. The number of nitrogens with one attached hydrogen (secondary N) is 1. The molecule has 2 aliphatic rings. The summed E-state index contributed by atoms with van der Waals surface area (Å²) >= 11 is 0. The molecule has 2 aromatic rings. The van der Waals surface area contributed by atoms with E-state index >= 15 is 0 Å². The lowest BCUT2D eigenvalue weighted by Gasteiger charge is -2.39. The molecule has 0 spiro atoms. The molecule has 5 atom stereocenters. The third-order valence-electron chi connectivity index (χ3n) is 4.95. The molecule has 2 saturated heterocycles. The van der Waals surface area contributed by atoms with Crippen molar-refractivity contribution in [3.63, 3.8) is 0 Å². The Kier molecular flexibility index (Phi) is 5.67.